The summed E-state index contributed by atoms with van der Waals surface area (Å²) < 4.78 is 5.05. The van der Waals surface area contributed by atoms with E-state index in [1.54, 1.807) is 0 Å². The van der Waals surface area contributed by atoms with Crippen molar-refractivity contribution in [2.24, 2.45) is 0 Å². The summed E-state index contributed by atoms with van der Waals surface area (Å²) in [5, 5.41) is 24.2. The summed E-state index contributed by atoms with van der Waals surface area (Å²) in [5.41, 5.74) is 2.67. The highest BCUT2D eigenvalue weighted by Crippen LogP contribution is 2.33. The molecule has 0 aliphatic heterocycles. The molecule has 0 fully saturated rings. The van der Waals surface area contributed by atoms with Crippen molar-refractivity contribution >= 4 is 5.69 Å². The smallest absolute Gasteiger partial charge is 0.277 e. The van der Waals surface area contributed by atoms with Crippen LogP contribution in [0, 0.1) is 10.1 Å². The fourth-order valence-corrected chi connectivity index (χ4v) is 2.72. The molecule has 2 N–H and O–H groups in total. The van der Waals surface area contributed by atoms with Gasteiger partial charge in [0.05, 0.1) is 18.1 Å². The minimum atomic E-state index is -0.501. The minimum Gasteiger partial charge on any atom is -0.504 e. The van der Waals surface area contributed by atoms with Crippen LogP contribution >= 0.6 is 0 Å². The third-order valence-electron chi connectivity index (χ3n) is 4.53. The predicted octanol–water partition coefficient (Wildman–Crippen LogP) is 3.44. The molecule has 7 nitrogen and oxygen atoms in total. The molecule has 0 amide bonds. The summed E-state index contributed by atoms with van der Waals surface area (Å²) in [6.45, 7) is 6.06. The number of methoxy groups -OCH3 is 1. The van der Waals surface area contributed by atoms with Gasteiger partial charge < -0.3 is 15.2 Å². The number of phenols is 1. The Morgan fingerprint density at radius 2 is 1.93 bits per heavy atom. The van der Waals surface area contributed by atoms with Crippen LogP contribution < -0.4 is 10.1 Å². The highest BCUT2D eigenvalue weighted by atomic mass is 16.6. The van der Waals surface area contributed by atoms with E-state index in [1.165, 1.54) is 18.7 Å². The highest BCUT2D eigenvalue weighted by Gasteiger charge is 2.18. The van der Waals surface area contributed by atoms with Gasteiger partial charge in [0.25, 0.3) is 5.69 Å². The van der Waals surface area contributed by atoms with Crippen LogP contribution in [-0.4, -0.2) is 35.1 Å². The normalized spacial score (nSPS) is 11.2. The van der Waals surface area contributed by atoms with Crippen molar-refractivity contribution < 1.29 is 14.8 Å². The molecular formula is C20H27N3O4. The zero-order valence-corrected chi connectivity index (χ0v) is 16.2. The summed E-state index contributed by atoms with van der Waals surface area (Å²) in [5.74, 6) is -0.0222. The van der Waals surface area contributed by atoms with E-state index in [1.807, 2.05) is 12.1 Å². The first-order chi connectivity index (χ1) is 12.8. The molecular weight excluding hydrogens is 346 g/mol. The summed E-state index contributed by atoms with van der Waals surface area (Å²) in [7, 11) is 3.50. The number of ether oxygens (including phenoxy) is 1. The van der Waals surface area contributed by atoms with E-state index >= 15 is 0 Å². The molecule has 0 spiro atoms. The zero-order chi connectivity index (χ0) is 20.0. The van der Waals surface area contributed by atoms with E-state index in [4.69, 9.17) is 4.74 Å². The summed E-state index contributed by atoms with van der Waals surface area (Å²) >= 11 is 0. The van der Waals surface area contributed by atoms with Crippen LogP contribution in [0.2, 0.25) is 0 Å². The zero-order valence-electron chi connectivity index (χ0n) is 16.2. The van der Waals surface area contributed by atoms with Gasteiger partial charge in [0.15, 0.2) is 11.5 Å². The van der Waals surface area contributed by atoms with Gasteiger partial charge in [-0.05, 0) is 38.1 Å². The lowest BCUT2D eigenvalue weighted by Crippen LogP contribution is -2.25. The first kappa shape index (κ1) is 20.7. The fraction of sp³-hybridized carbons (Fsp3) is 0.400. The monoisotopic (exact) mass is 373 g/mol. The van der Waals surface area contributed by atoms with E-state index in [2.05, 4.69) is 43.2 Å². The van der Waals surface area contributed by atoms with Gasteiger partial charge in [0, 0.05) is 31.2 Å². The molecule has 2 aromatic carbocycles. The van der Waals surface area contributed by atoms with Gasteiger partial charge in [0.1, 0.15) is 0 Å². The van der Waals surface area contributed by atoms with Crippen LogP contribution in [0.5, 0.6) is 11.5 Å². The van der Waals surface area contributed by atoms with Gasteiger partial charge >= 0.3 is 0 Å². The fourth-order valence-electron chi connectivity index (χ4n) is 2.72. The van der Waals surface area contributed by atoms with E-state index in [-0.39, 0.29) is 17.2 Å². The summed E-state index contributed by atoms with van der Waals surface area (Å²) in [6, 6.07) is 11.4. The van der Waals surface area contributed by atoms with Crippen molar-refractivity contribution in [3.63, 3.8) is 0 Å². The second-order valence-corrected chi connectivity index (χ2v) is 6.84. The van der Waals surface area contributed by atoms with Gasteiger partial charge in [-0.25, -0.2) is 0 Å². The van der Waals surface area contributed by atoms with E-state index < -0.39 is 4.92 Å². The first-order valence-corrected chi connectivity index (χ1v) is 8.84. The molecule has 27 heavy (non-hydrogen) atoms. The maximum absolute atomic E-state index is 11.2. The molecule has 0 atom stereocenters. The molecule has 0 aliphatic carbocycles. The molecule has 7 heteroatoms. The summed E-state index contributed by atoms with van der Waals surface area (Å²) in [4.78, 5) is 13.0. The van der Waals surface area contributed by atoms with E-state index in [9.17, 15) is 15.2 Å². The van der Waals surface area contributed by atoms with Crippen LogP contribution in [0.15, 0.2) is 36.4 Å². The van der Waals surface area contributed by atoms with Crippen LogP contribution in [0.4, 0.5) is 5.69 Å². The maximum Gasteiger partial charge on any atom is 0.277 e. The molecule has 0 aromatic heterocycles. The Kier molecular flexibility index (Phi) is 7.15. The second-order valence-electron chi connectivity index (χ2n) is 6.84. The Balaban J connectivity index is 2.05. The molecule has 146 valence electrons. The molecule has 2 rings (SSSR count). The van der Waals surface area contributed by atoms with E-state index in [0.717, 1.165) is 18.2 Å². The van der Waals surface area contributed by atoms with Crippen molar-refractivity contribution in [2.75, 3.05) is 14.2 Å². The van der Waals surface area contributed by atoms with Crippen molar-refractivity contribution in [1.29, 1.82) is 0 Å². The van der Waals surface area contributed by atoms with Gasteiger partial charge in [-0.3, -0.25) is 15.0 Å². The number of phenolic OH excluding ortho intramolecular Hbond substituents is 1. The number of rotatable bonds is 9. The Morgan fingerprint density at radius 1 is 1.22 bits per heavy atom. The lowest BCUT2D eigenvalue weighted by atomic mass is 10.1. The van der Waals surface area contributed by atoms with Gasteiger partial charge in [0.2, 0.25) is 0 Å². The number of hydrogen-bond donors (Lipinski definition) is 2. The molecule has 0 saturated heterocycles. The van der Waals surface area contributed by atoms with Crippen molar-refractivity contribution in [3.8, 4) is 11.5 Å². The Hall–Kier alpha value is -2.64. The number of nitrogens with zero attached hydrogens (tertiary/aromatic N) is 2. The molecule has 0 heterocycles. The second kappa shape index (κ2) is 9.34. The SMILES string of the molecule is COc1cc(CNCc2cccc(CN(C)C(C)C)c2)c([N+](=O)[O-])cc1O. The molecule has 0 aliphatic rings. The minimum absolute atomic E-state index is 0.131. The highest BCUT2D eigenvalue weighted by molar-refractivity contribution is 5.53. The van der Waals surface area contributed by atoms with Crippen LogP contribution in [0.3, 0.4) is 0 Å². The standard InChI is InChI=1S/C20H27N3O4/c1-14(2)22(3)13-16-7-5-6-15(8-16)11-21-12-17-9-20(27-4)19(24)10-18(17)23(25)26/h5-10,14,21,24H,11-13H2,1-4H3. The van der Waals surface area contributed by atoms with Crippen molar-refractivity contribution in [1.82, 2.24) is 10.2 Å². The third kappa shape index (κ3) is 5.67. The Labute approximate surface area is 159 Å². The number of benzene rings is 2. The lowest BCUT2D eigenvalue weighted by Gasteiger charge is -2.21. The first-order valence-electron chi connectivity index (χ1n) is 8.84. The maximum atomic E-state index is 11.2. The molecule has 0 radical (unpaired) electrons. The predicted molar refractivity (Wildman–Crippen MR) is 105 cm³/mol. The van der Waals surface area contributed by atoms with Crippen LogP contribution in [0.1, 0.15) is 30.5 Å². The van der Waals surface area contributed by atoms with Crippen molar-refractivity contribution in [2.45, 2.75) is 39.5 Å². The number of nitro groups is 1. The Bertz CT molecular complexity index is 793. The van der Waals surface area contributed by atoms with Crippen molar-refractivity contribution in [3.05, 3.63) is 63.2 Å². The van der Waals surface area contributed by atoms with Gasteiger partial charge in [-0.1, -0.05) is 24.3 Å². The number of aromatic hydroxyl groups is 1. The van der Waals surface area contributed by atoms with Crippen LogP contribution in [-0.2, 0) is 19.6 Å². The van der Waals surface area contributed by atoms with Gasteiger partial charge in [-0.15, -0.1) is 0 Å². The topological polar surface area (TPSA) is 87.9 Å². The average Bonchev–Trinajstić information content (AvgIpc) is 2.62. The van der Waals surface area contributed by atoms with Gasteiger partial charge in [-0.2, -0.15) is 0 Å². The van der Waals surface area contributed by atoms with Crippen LogP contribution in [0.25, 0.3) is 0 Å². The van der Waals surface area contributed by atoms with E-state index in [0.29, 0.717) is 24.7 Å². The number of nitrogens with one attached hydrogen (secondary N) is 1. The molecule has 2 aromatic rings. The number of nitro benzene ring substituents is 1. The lowest BCUT2D eigenvalue weighted by molar-refractivity contribution is -0.385. The molecule has 0 saturated carbocycles. The largest absolute Gasteiger partial charge is 0.504 e. The summed E-state index contributed by atoms with van der Waals surface area (Å²) in [6.07, 6.45) is 0. The quantitative estimate of drug-likeness (QED) is 0.517. The number of hydrogen-bond acceptors (Lipinski definition) is 6. The average molecular weight is 373 g/mol. The molecule has 0 unspecified atom stereocenters. The Morgan fingerprint density at radius 3 is 2.56 bits per heavy atom. The molecule has 0 bridgehead atoms. The third-order valence-corrected chi connectivity index (χ3v) is 4.53.